The maximum Gasteiger partial charge on any atom is 0.228 e. The Bertz CT molecular complexity index is 1060. The van der Waals surface area contributed by atoms with Gasteiger partial charge in [0.05, 0.1) is 23.4 Å². The predicted molar refractivity (Wildman–Crippen MR) is 103 cm³/mol. The number of aryl methyl sites for hydroxylation is 2. The first-order chi connectivity index (χ1) is 13.2. The van der Waals surface area contributed by atoms with Crippen molar-refractivity contribution in [2.24, 2.45) is 0 Å². The van der Waals surface area contributed by atoms with Gasteiger partial charge in [-0.25, -0.2) is 0 Å². The van der Waals surface area contributed by atoms with Crippen LogP contribution in [0.5, 0.6) is 11.5 Å². The molecule has 1 aliphatic carbocycles. The van der Waals surface area contributed by atoms with Crippen molar-refractivity contribution in [1.29, 1.82) is 0 Å². The molecule has 0 saturated carbocycles. The van der Waals surface area contributed by atoms with Crippen LogP contribution in [0.3, 0.4) is 0 Å². The Morgan fingerprint density at radius 3 is 2.59 bits per heavy atom. The van der Waals surface area contributed by atoms with Crippen LogP contribution in [-0.4, -0.2) is 19.1 Å². The first-order valence-corrected chi connectivity index (χ1v) is 9.46. The SMILES string of the molecule is O=C(Cc1coc2cc3c(cc12)CCC3)Nc1cc2c(cc1Cl)OCCO2. The summed E-state index contributed by atoms with van der Waals surface area (Å²) >= 11 is 6.28. The highest BCUT2D eigenvalue weighted by Gasteiger charge is 2.19. The minimum Gasteiger partial charge on any atom is -0.486 e. The molecule has 0 fully saturated rings. The van der Waals surface area contributed by atoms with Crippen molar-refractivity contribution in [2.75, 3.05) is 18.5 Å². The summed E-state index contributed by atoms with van der Waals surface area (Å²) in [6.07, 6.45) is 5.26. The molecule has 5 nitrogen and oxygen atoms in total. The lowest BCUT2D eigenvalue weighted by molar-refractivity contribution is -0.115. The van der Waals surface area contributed by atoms with Crippen molar-refractivity contribution in [3.63, 3.8) is 0 Å². The third-order valence-electron chi connectivity index (χ3n) is 5.13. The Morgan fingerprint density at radius 2 is 1.78 bits per heavy atom. The molecule has 3 aromatic rings. The second-order valence-corrected chi connectivity index (χ2v) is 7.34. The molecule has 1 aliphatic heterocycles. The molecule has 5 rings (SSSR count). The maximum atomic E-state index is 12.6. The first kappa shape index (κ1) is 16.5. The number of amides is 1. The second kappa shape index (κ2) is 6.50. The number of benzene rings is 2. The zero-order chi connectivity index (χ0) is 18.4. The lowest BCUT2D eigenvalue weighted by atomic mass is 10.0. The third kappa shape index (κ3) is 3.02. The summed E-state index contributed by atoms with van der Waals surface area (Å²) in [5.74, 6) is 1.03. The predicted octanol–water partition coefficient (Wildman–Crippen LogP) is 4.53. The molecule has 0 unspecified atom stereocenters. The number of carbonyl (C=O) groups excluding carboxylic acids is 1. The van der Waals surface area contributed by atoms with E-state index >= 15 is 0 Å². The Balaban J connectivity index is 1.37. The van der Waals surface area contributed by atoms with Gasteiger partial charge in [0, 0.05) is 23.1 Å². The highest BCUT2D eigenvalue weighted by Crippen LogP contribution is 2.38. The lowest BCUT2D eigenvalue weighted by Gasteiger charge is -2.20. The molecule has 2 aromatic carbocycles. The largest absolute Gasteiger partial charge is 0.486 e. The number of fused-ring (bicyclic) bond motifs is 3. The Hall–Kier alpha value is -2.66. The van der Waals surface area contributed by atoms with E-state index in [1.807, 2.05) is 0 Å². The number of furan rings is 1. The van der Waals surface area contributed by atoms with Crippen LogP contribution in [0.2, 0.25) is 5.02 Å². The van der Waals surface area contributed by atoms with Crippen LogP contribution in [0.1, 0.15) is 23.1 Å². The average Bonchev–Trinajstić information content (AvgIpc) is 3.27. The molecule has 1 aromatic heterocycles. The number of rotatable bonds is 3. The van der Waals surface area contributed by atoms with Gasteiger partial charge in [-0.15, -0.1) is 0 Å². The van der Waals surface area contributed by atoms with Crippen molar-refractivity contribution < 1.29 is 18.7 Å². The summed E-state index contributed by atoms with van der Waals surface area (Å²) in [5.41, 5.74) is 4.96. The average molecular weight is 384 g/mol. The van der Waals surface area contributed by atoms with Gasteiger partial charge in [0.1, 0.15) is 18.8 Å². The lowest BCUT2D eigenvalue weighted by Crippen LogP contribution is -2.17. The first-order valence-electron chi connectivity index (χ1n) is 9.08. The maximum absolute atomic E-state index is 12.6. The molecule has 0 bridgehead atoms. The number of carbonyl (C=O) groups is 1. The van der Waals surface area contributed by atoms with Gasteiger partial charge in [-0.3, -0.25) is 4.79 Å². The Kier molecular flexibility index (Phi) is 3.97. The Labute approximate surface area is 161 Å². The van der Waals surface area contributed by atoms with E-state index in [1.54, 1.807) is 18.4 Å². The highest BCUT2D eigenvalue weighted by atomic mass is 35.5. The van der Waals surface area contributed by atoms with E-state index in [-0.39, 0.29) is 12.3 Å². The molecule has 2 heterocycles. The Morgan fingerprint density at radius 1 is 1.04 bits per heavy atom. The van der Waals surface area contributed by atoms with Gasteiger partial charge in [-0.2, -0.15) is 0 Å². The van der Waals surface area contributed by atoms with Gasteiger partial charge < -0.3 is 19.2 Å². The summed E-state index contributed by atoms with van der Waals surface area (Å²) in [5, 5.41) is 4.30. The van der Waals surface area contributed by atoms with Gasteiger partial charge in [0.25, 0.3) is 0 Å². The summed E-state index contributed by atoms with van der Waals surface area (Å²) in [6.45, 7) is 0.972. The summed E-state index contributed by atoms with van der Waals surface area (Å²) < 4.78 is 16.7. The molecule has 6 heteroatoms. The van der Waals surface area contributed by atoms with Gasteiger partial charge >= 0.3 is 0 Å². The minimum atomic E-state index is -0.156. The van der Waals surface area contributed by atoms with Crippen LogP contribution < -0.4 is 14.8 Å². The number of nitrogens with one attached hydrogen (secondary N) is 1. The van der Waals surface area contributed by atoms with E-state index in [1.165, 1.54) is 17.5 Å². The minimum absolute atomic E-state index is 0.156. The standard InChI is InChI=1S/C21H18ClNO4/c22-16-9-19-20(26-5-4-25-19)10-17(16)23-21(24)8-14-11-27-18-7-13-3-1-2-12(13)6-15(14)18/h6-7,9-11H,1-5,8H2,(H,23,24). The molecule has 138 valence electrons. The number of hydrogen-bond acceptors (Lipinski definition) is 4. The van der Waals surface area contributed by atoms with E-state index in [9.17, 15) is 4.79 Å². The smallest absolute Gasteiger partial charge is 0.228 e. The fraction of sp³-hybridized carbons (Fsp3) is 0.286. The molecule has 0 spiro atoms. The number of anilines is 1. The number of halogens is 1. The molecular weight excluding hydrogens is 366 g/mol. The monoisotopic (exact) mass is 383 g/mol. The fourth-order valence-electron chi connectivity index (χ4n) is 3.81. The van der Waals surface area contributed by atoms with Gasteiger partial charge in [0.2, 0.25) is 5.91 Å². The summed E-state index contributed by atoms with van der Waals surface area (Å²) in [6, 6.07) is 7.65. The van der Waals surface area contributed by atoms with Crippen molar-refractivity contribution in [3.05, 3.63) is 52.2 Å². The van der Waals surface area contributed by atoms with Crippen LogP contribution in [-0.2, 0) is 24.1 Å². The second-order valence-electron chi connectivity index (χ2n) is 6.93. The quantitative estimate of drug-likeness (QED) is 0.722. The van der Waals surface area contributed by atoms with E-state index < -0.39 is 0 Å². The van der Waals surface area contributed by atoms with Crippen LogP contribution in [0, 0.1) is 0 Å². The van der Waals surface area contributed by atoms with E-state index in [2.05, 4.69) is 17.4 Å². The molecule has 1 N–H and O–H groups in total. The van der Waals surface area contributed by atoms with Crippen LogP contribution in [0.4, 0.5) is 5.69 Å². The zero-order valence-corrected chi connectivity index (χ0v) is 15.4. The summed E-state index contributed by atoms with van der Waals surface area (Å²) in [4.78, 5) is 12.6. The molecule has 0 atom stereocenters. The van der Waals surface area contributed by atoms with Crippen molar-refractivity contribution in [3.8, 4) is 11.5 Å². The van der Waals surface area contributed by atoms with Crippen LogP contribution >= 0.6 is 11.6 Å². The topological polar surface area (TPSA) is 60.7 Å². The van der Waals surface area contributed by atoms with Gasteiger partial charge in [-0.1, -0.05) is 11.6 Å². The van der Waals surface area contributed by atoms with E-state index in [0.717, 1.165) is 29.4 Å². The van der Waals surface area contributed by atoms with E-state index in [4.69, 9.17) is 25.5 Å². The normalized spacial score (nSPS) is 15.0. The molecule has 2 aliphatic rings. The van der Waals surface area contributed by atoms with Crippen LogP contribution in [0.25, 0.3) is 11.0 Å². The van der Waals surface area contributed by atoms with Gasteiger partial charge in [-0.05, 0) is 42.5 Å². The molecular formula is C21H18ClNO4. The molecule has 1 amide bonds. The molecule has 0 radical (unpaired) electrons. The van der Waals surface area contributed by atoms with Crippen molar-refractivity contribution >= 4 is 34.2 Å². The van der Waals surface area contributed by atoms with E-state index in [0.29, 0.717) is 35.4 Å². The summed E-state index contributed by atoms with van der Waals surface area (Å²) in [7, 11) is 0. The zero-order valence-electron chi connectivity index (χ0n) is 14.6. The number of hydrogen-bond donors (Lipinski definition) is 1. The third-order valence-corrected chi connectivity index (χ3v) is 5.44. The highest BCUT2D eigenvalue weighted by molar-refractivity contribution is 6.34. The van der Waals surface area contributed by atoms with Crippen LogP contribution in [0.15, 0.2) is 34.9 Å². The van der Waals surface area contributed by atoms with Crippen molar-refractivity contribution in [2.45, 2.75) is 25.7 Å². The molecule has 0 saturated heterocycles. The van der Waals surface area contributed by atoms with Gasteiger partial charge in [0.15, 0.2) is 11.5 Å². The fourth-order valence-corrected chi connectivity index (χ4v) is 4.01. The number of ether oxygens (including phenoxy) is 2. The molecule has 27 heavy (non-hydrogen) atoms. The van der Waals surface area contributed by atoms with Crippen molar-refractivity contribution in [1.82, 2.24) is 0 Å².